The second-order valence-electron chi connectivity index (χ2n) is 5.27. The van der Waals surface area contributed by atoms with Gasteiger partial charge in [0.15, 0.2) is 0 Å². The minimum Gasteiger partial charge on any atom is -0.481 e. The van der Waals surface area contributed by atoms with Crippen molar-refractivity contribution < 1.29 is 19.5 Å². The van der Waals surface area contributed by atoms with Crippen molar-refractivity contribution >= 4 is 12.4 Å². The third-order valence-corrected chi connectivity index (χ3v) is 2.19. The standard InChI is InChI=1S/C14H19NO4/c1-14(2,3)19-15(10-16)9-12-6-4-5-11(7-12)8-13(17)18/h4-7,10H,8-9H2,1-3H3,(H,17,18). The molecular formula is C14H19NO4. The van der Waals surface area contributed by atoms with Crippen molar-refractivity contribution in [3.8, 4) is 0 Å². The Balaban J connectivity index is 2.74. The van der Waals surface area contributed by atoms with E-state index in [2.05, 4.69) is 0 Å². The first-order valence-corrected chi connectivity index (χ1v) is 6.01. The van der Waals surface area contributed by atoms with Crippen LogP contribution in [0.15, 0.2) is 24.3 Å². The molecule has 0 aliphatic carbocycles. The normalized spacial score (nSPS) is 11.1. The van der Waals surface area contributed by atoms with Crippen LogP contribution in [-0.4, -0.2) is 28.2 Å². The van der Waals surface area contributed by atoms with Gasteiger partial charge in [0.05, 0.1) is 18.6 Å². The fourth-order valence-corrected chi connectivity index (χ4v) is 1.64. The van der Waals surface area contributed by atoms with Gasteiger partial charge in [-0.05, 0) is 31.9 Å². The molecule has 0 heterocycles. The van der Waals surface area contributed by atoms with E-state index in [-0.39, 0.29) is 13.0 Å². The van der Waals surface area contributed by atoms with Gasteiger partial charge in [-0.2, -0.15) is 0 Å². The first kappa shape index (κ1) is 15.2. The number of hydrogen-bond donors (Lipinski definition) is 1. The van der Waals surface area contributed by atoms with E-state index in [9.17, 15) is 9.59 Å². The molecule has 1 rings (SSSR count). The van der Waals surface area contributed by atoms with Gasteiger partial charge in [0.2, 0.25) is 6.41 Å². The second-order valence-corrected chi connectivity index (χ2v) is 5.27. The Morgan fingerprint density at radius 2 is 2.00 bits per heavy atom. The summed E-state index contributed by atoms with van der Waals surface area (Å²) in [5.74, 6) is -0.879. The number of carboxylic acid groups (broad SMARTS) is 1. The third kappa shape index (κ3) is 6.01. The number of nitrogens with zero attached hydrogens (tertiary/aromatic N) is 1. The summed E-state index contributed by atoms with van der Waals surface area (Å²) in [5, 5.41) is 9.96. The molecular weight excluding hydrogens is 246 g/mol. The number of carbonyl (C=O) groups is 2. The van der Waals surface area contributed by atoms with Gasteiger partial charge in [0, 0.05) is 0 Å². The van der Waals surface area contributed by atoms with Gasteiger partial charge in [-0.25, -0.2) is 5.06 Å². The van der Waals surface area contributed by atoms with E-state index < -0.39 is 11.6 Å². The number of rotatable bonds is 6. The molecule has 0 bridgehead atoms. The van der Waals surface area contributed by atoms with E-state index in [0.29, 0.717) is 12.0 Å². The maximum atomic E-state index is 11.0. The molecule has 0 saturated heterocycles. The lowest BCUT2D eigenvalue weighted by Crippen LogP contribution is -2.32. The van der Waals surface area contributed by atoms with Crippen LogP contribution in [0.5, 0.6) is 0 Å². The van der Waals surface area contributed by atoms with Gasteiger partial charge in [-0.1, -0.05) is 24.3 Å². The maximum Gasteiger partial charge on any atom is 0.307 e. The molecule has 0 spiro atoms. The van der Waals surface area contributed by atoms with Crippen molar-refractivity contribution in [3.05, 3.63) is 35.4 Å². The van der Waals surface area contributed by atoms with Gasteiger partial charge in [-0.15, -0.1) is 0 Å². The van der Waals surface area contributed by atoms with E-state index in [1.54, 1.807) is 18.2 Å². The number of aliphatic carboxylic acids is 1. The molecule has 0 aliphatic rings. The average molecular weight is 265 g/mol. The van der Waals surface area contributed by atoms with Crippen LogP contribution in [0.25, 0.3) is 0 Å². The van der Waals surface area contributed by atoms with Crippen LogP contribution in [-0.2, 0) is 27.4 Å². The topological polar surface area (TPSA) is 66.8 Å². The fraction of sp³-hybridized carbons (Fsp3) is 0.429. The lowest BCUT2D eigenvalue weighted by Gasteiger charge is -2.26. The van der Waals surface area contributed by atoms with Crippen LogP contribution in [0.4, 0.5) is 0 Å². The zero-order valence-corrected chi connectivity index (χ0v) is 11.4. The van der Waals surface area contributed by atoms with E-state index in [1.807, 2.05) is 26.8 Å². The van der Waals surface area contributed by atoms with Crippen LogP contribution >= 0.6 is 0 Å². The summed E-state index contributed by atoms with van der Waals surface area (Å²) in [6, 6.07) is 7.10. The lowest BCUT2D eigenvalue weighted by atomic mass is 10.1. The summed E-state index contributed by atoms with van der Waals surface area (Å²) in [5.41, 5.74) is 1.07. The van der Waals surface area contributed by atoms with Crippen LogP contribution in [0.3, 0.4) is 0 Å². The summed E-state index contributed by atoms with van der Waals surface area (Å²) < 4.78 is 0. The van der Waals surface area contributed by atoms with Crippen LogP contribution < -0.4 is 0 Å². The first-order valence-electron chi connectivity index (χ1n) is 6.01. The molecule has 0 saturated carbocycles. The van der Waals surface area contributed by atoms with Crippen molar-refractivity contribution in [1.29, 1.82) is 0 Å². The maximum absolute atomic E-state index is 11.0. The van der Waals surface area contributed by atoms with Gasteiger partial charge < -0.3 is 5.11 Å². The molecule has 0 radical (unpaired) electrons. The largest absolute Gasteiger partial charge is 0.481 e. The Bertz CT molecular complexity index is 451. The minimum absolute atomic E-state index is 0.0327. The Labute approximate surface area is 112 Å². The number of hydroxylamine groups is 2. The highest BCUT2D eigenvalue weighted by Gasteiger charge is 2.16. The summed E-state index contributed by atoms with van der Waals surface area (Å²) in [6.07, 6.45) is 0.587. The number of carboxylic acids is 1. The van der Waals surface area contributed by atoms with Gasteiger partial charge in [-0.3, -0.25) is 14.4 Å². The van der Waals surface area contributed by atoms with Crippen LogP contribution in [0.2, 0.25) is 0 Å². The predicted octanol–water partition coefficient (Wildman–Crippen LogP) is 2.00. The highest BCUT2D eigenvalue weighted by atomic mass is 16.7. The Morgan fingerprint density at radius 3 is 2.53 bits per heavy atom. The minimum atomic E-state index is -0.879. The van der Waals surface area contributed by atoms with Crippen molar-refractivity contribution in [2.24, 2.45) is 0 Å². The molecule has 5 nitrogen and oxygen atoms in total. The molecule has 0 aliphatic heterocycles. The quantitative estimate of drug-likeness (QED) is 0.631. The molecule has 5 heteroatoms. The summed E-state index contributed by atoms with van der Waals surface area (Å²) >= 11 is 0. The van der Waals surface area contributed by atoms with Gasteiger partial charge >= 0.3 is 5.97 Å². The summed E-state index contributed by atoms with van der Waals surface area (Å²) in [7, 11) is 0. The number of amides is 1. The summed E-state index contributed by atoms with van der Waals surface area (Å²) in [6.45, 7) is 5.84. The van der Waals surface area contributed by atoms with Crippen molar-refractivity contribution in [3.63, 3.8) is 0 Å². The van der Waals surface area contributed by atoms with Gasteiger partial charge in [0.1, 0.15) is 0 Å². The van der Waals surface area contributed by atoms with Gasteiger partial charge in [0.25, 0.3) is 0 Å². The highest BCUT2D eigenvalue weighted by molar-refractivity contribution is 5.70. The monoisotopic (exact) mass is 265 g/mol. The van der Waals surface area contributed by atoms with E-state index in [4.69, 9.17) is 9.94 Å². The smallest absolute Gasteiger partial charge is 0.307 e. The van der Waals surface area contributed by atoms with Crippen molar-refractivity contribution in [2.45, 2.75) is 39.3 Å². The number of hydrogen-bond acceptors (Lipinski definition) is 3. The molecule has 1 aromatic rings. The average Bonchev–Trinajstić information content (AvgIpc) is 2.25. The molecule has 1 amide bonds. The number of carbonyl (C=O) groups excluding carboxylic acids is 1. The third-order valence-electron chi connectivity index (χ3n) is 2.19. The Kier molecular flexibility index (Phi) is 5.06. The molecule has 0 aromatic heterocycles. The highest BCUT2D eigenvalue weighted by Crippen LogP contribution is 2.13. The predicted molar refractivity (Wildman–Crippen MR) is 70.2 cm³/mol. The van der Waals surface area contributed by atoms with Crippen LogP contribution in [0.1, 0.15) is 31.9 Å². The molecule has 104 valence electrons. The summed E-state index contributed by atoms with van der Waals surface area (Å²) in [4.78, 5) is 27.1. The van der Waals surface area contributed by atoms with Crippen molar-refractivity contribution in [1.82, 2.24) is 5.06 Å². The zero-order chi connectivity index (χ0) is 14.5. The SMILES string of the molecule is CC(C)(C)ON(C=O)Cc1cccc(CC(=O)O)c1. The fourth-order valence-electron chi connectivity index (χ4n) is 1.64. The molecule has 1 aromatic carbocycles. The van der Waals surface area contributed by atoms with Crippen molar-refractivity contribution in [2.75, 3.05) is 0 Å². The van der Waals surface area contributed by atoms with E-state index in [0.717, 1.165) is 5.56 Å². The Morgan fingerprint density at radius 1 is 1.37 bits per heavy atom. The Hall–Kier alpha value is -1.88. The second kappa shape index (κ2) is 6.33. The zero-order valence-electron chi connectivity index (χ0n) is 11.4. The lowest BCUT2D eigenvalue weighted by molar-refractivity contribution is -0.220. The molecule has 0 atom stereocenters. The molecule has 19 heavy (non-hydrogen) atoms. The van der Waals surface area contributed by atoms with E-state index in [1.165, 1.54) is 5.06 Å². The number of benzene rings is 1. The molecule has 0 unspecified atom stereocenters. The first-order chi connectivity index (χ1) is 8.80. The van der Waals surface area contributed by atoms with Crippen LogP contribution in [0, 0.1) is 0 Å². The molecule has 1 N–H and O–H groups in total. The molecule has 0 fully saturated rings. The van der Waals surface area contributed by atoms with E-state index >= 15 is 0 Å².